The Balaban J connectivity index is 2.00. The van der Waals surface area contributed by atoms with Crippen LogP contribution in [0.4, 0.5) is 11.5 Å². The van der Waals surface area contributed by atoms with Crippen molar-refractivity contribution in [3.05, 3.63) is 18.3 Å². The summed E-state index contributed by atoms with van der Waals surface area (Å²) in [7, 11) is 0. The molecule has 0 aromatic carbocycles. The fourth-order valence-electron chi connectivity index (χ4n) is 1.84. The summed E-state index contributed by atoms with van der Waals surface area (Å²) < 4.78 is 0. The Kier molecular flexibility index (Phi) is 2.34. The Labute approximate surface area is 78.4 Å². The van der Waals surface area contributed by atoms with Gasteiger partial charge in [0.2, 0.25) is 0 Å². The van der Waals surface area contributed by atoms with Crippen molar-refractivity contribution in [2.24, 2.45) is 0 Å². The number of rotatable bonds is 2. The molecule has 3 N–H and O–H groups in total. The molecular formula is C10H15N3. The zero-order chi connectivity index (χ0) is 9.10. The van der Waals surface area contributed by atoms with Gasteiger partial charge in [0.15, 0.2) is 0 Å². The van der Waals surface area contributed by atoms with Crippen molar-refractivity contribution in [1.82, 2.24) is 4.98 Å². The number of nitrogen functional groups attached to an aromatic ring is 1. The molecule has 1 fully saturated rings. The van der Waals surface area contributed by atoms with Crippen LogP contribution in [0.3, 0.4) is 0 Å². The highest BCUT2D eigenvalue weighted by Gasteiger charge is 2.14. The molecule has 0 bridgehead atoms. The minimum absolute atomic E-state index is 0.586. The van der Waals surface area contributed by atoms with Crippen molar-refractivity contribution >= 4 is 11.5 Å². The number of nitrogens with two attached hydrogens (primary N) is 1. The van der Waals surface area contributed by atoms with Crippen molar-refractivity contribution in [2.45, 2.75) is 31.7 Å². The second kappa shape index (κ2) is 3.64. The minimum atomic E-state index is 0.586. The lowest BCUT2D eigenvalue weighted by Gasteiger charge is -2.13. The van der Waals surface area contributed by atoms with Gasteiger partial charge in [0, 0.05) is 24.0 Å². The van der Waals surface area contributed by atoms with Crippen molar-refractivity contribution in [1.29, 1.82) is 0 Å². The normalized spacial score (nSPS) is 17.5. The first kappa shape index (κ1) is 8.35. The first-order valence-electron chi connectivity index (χ1n) is 4.83. The van der Waals surface area contributed by atoms with E-state index in [1.807, 2.05) is 12.1 Å². The van der Waals surface area contributed by atoms with E-state index < -0.39 is 0 Å². The molecule has 3 nitrogen and oxygen atoms in total. The smallest absolute Gasteiger partial charge is 0.125 e. The Morgan fingerprint density at radius 3 is 2.85 bits per heavy atom. The van der Waals surface area contributed by atoms with Gasteiger partial charge in [-0.1, -0.05) is 12.8 Å². The summed E-state index contributed by atoms with van der Waals surface area (Å²) in [5.41, 5.74) is 6.68. The van der Waals surface area contributed by atoms with E-state index in [1.54, 1.807) is 6.20 Å². The van der Waals surface area contributed by atoms with Gasteiger partial charge in [0.25, 0.3) is 0 Å². The molecule has 0 radical (unpaired) electrons. The predicted octanol–water partition coefficient (Wildman–Crippen LogP) is 2.02. The molecule has 1 heterocycles. The van der Waals surface area contributed by atoms with Gasteiger partial charge >= 0.3 is 0 Å². The lowest BCUT2D eigenvalue weighted by atomic mass is 10.2. The zero-order valence-electron chi connectivity index (χ0n) is 7.66. The number of hydrogen-bond acceptors (Lipinski definition) is 3. The Morgan fingerprint density at radius 1 is 1.38 bits per heavy atom. The summed E-state index contributed by atoms with van der Waals surface area (Å²) in [6.45, 7) is 0. The van der Waals surface area contributed by atoms with Crippen LogP contribution in [0.15, 0.2) is 18.3 Å². The number of anilines is 2. The topological polar surface area (TPSA) is 50.9 Å². The largest absolute Gasteiger partial charge is 0.384 e. The molecule has 2 rings (SSSR count). The van der Waals surface area contributed by atoms with Gasteiger partial charge in [-0.2, -0.15) is 0 Å². The average molecular weight is 177 g/mol. The fraction of sp³-hybridized carbons (Fsp3) is 0.500. The molecule has 1 aromatic heterocycles. The molecule has 0 amide bonds. The molecule has 3 heteroatoms. The van der Waals surface area contributed by atoms with Gasteiger partial charge in [-0.15, -0.1) is 0 Å². The van der Waals surface area contributed by atoms with E-state index in [0.717, 1.165) is 5.69 Å². The maximum absolute atomic E-state index is 5.58. The number of pyridine rings is 1. The third-order valence-electron chi connectivity index (χ3n) is 2.51. The van der Waals surface area contributed by atoms with Gasteiger partial charge in [-0.05, 0) is 18.9 Å². The standard InChI is InChI=1S/C10H15N3/c11-10-7-9(5-6-12-10)13-8-3-1-2-4-8/h5-8H,1-4H2,(H3,11,12,13). The summed E-state index contributed by atoms with van der Waals surface area (Å²) in [4.78, 5) is 3.95. The summed E-state index contributed by atoms with van der Waals surface area (Å²) in [5.74, 6) is 0.586. The SMILES string of the molecule is Nc1cc(NC2CCCC2)ccn1. The maximum atomic E-state index is 5.58. The Hall–Kier alpha value is -1.25. The van der Waals surface area contributed by atoms with E-state index in [-0.39, 0.29) is 0 Å². The zero-order valence-corrected chi connectivity index (χ0v) is 7.66. The van der Waals surface area contributed by atoms with Gasteiger partial charge < -0.3 is 11.1 Å². The molecule has 1 aliphatic rings. The van der Waals surface area contributed by atoms with Crippen molar-refractivity contribution < 1.29 is 0 Å². The molecule has 1 saturated carbocycles. The van der Waals surface area contributed by atoms with Crippen LogP contribution in [-0.4, -0.2) is 11.0 Å². The lowest BCUT2D eigenvalue weighted by molar-refractivity contribution is 0.755. The lowest BCUT2D eigenvalue weighted by Crippen LogP contribution is -2.14. The van der Waals surface area contributed by atoms with Crippen molar-refractivity contribution in [2.75, 3.05) is 11.1 Å². The summed E-state index contributed by atoms with van der Waals surface area (Å²) in [6.07, 6.45) is 6.99. The van der Waals surface area contributed by atoms with E-state index in [0.29, 0.717) is 11.9 Å². The fourth-order valence-corrected chi connectivity index (χ4v) is 1.84. The van der Waals surface area contributed by atoms with Gasteiger partial charge in [0.1, 0.15) is 5.82 Å². The van der Waals surface area contributed by atoms with Gasteiger partial charge in [-0.3, -0.25) is 0 Å². The van der Waals surface area contributed by atoms with Crippen LogP contribution >= 0.6 is 0 Å². The van der Waals surface area contributed by atoms with Crippen LogP contribution in [0.2, 0.25) is 0 Å². The minimum Gasteiger partial charge on any atom is -0.384 e. The molecule has 1 aliphatic carbocycles. The molecule has 0 spiro atoms. The quantitative estimate of drug-likeness (QED) is 0.726. The molecule has 0 unspecified atom stereocenters. The van der Waals surface area contributed by atoms with Crippen LogP contribution in [-0.2, 0) is 0 Å². The van der Waals surface area contributed by atoms with Crippen LogP contribution in [0.1, 0.15) is 25.7 Å². The number of nitrogens with zero attached hydrogens (tertiary/aromatic N) is 1. The number of nitrogens with one attached hydrogen (secondary N) is 1. The highest BCUT2D eigenvalue weighted by atomic mass is 14.9. The first-order chi connectivity index (χ1) is 6.34. The third-order valence-corrected chi connectivity index (χ3v) is 2.51. The van der Waals surface area contributed by atoms with E-state index >= 15 is 0 Å². The van der Waals surface area contributed by atoms with Crippen LogP contribution in [0.5, 0.6) is 0 Å². The second-order valence-electron chi connectivity index (χ2n) is 3.60. The molecule has 0 atom stereocenters. The number of hydrogen-bond donors (Lipinski definition) is 2. The van der Waals surface area contributed by atoms with E-state index in [9.17, 15) is 0 Å². The van der Waals surface area contributed by atoms with E-state index in [1.165, 1.54) is 25.7 Å². The van der Waals surface area contributed by atoms with Crippen molar-refractivity contribution in [3.63, 3.8) is 0 Å². The second-order valence-corrected chi connectivity index (χ2v) is 3.60. The Bertz CT molecular complexity index is 279. The summed E-state index contributed by atoms with van der Waals surface area (Å²) in [6, 6.07) is 4.49. The van der Waals surface area contributed by atoms with Crippen LogP contribution in [0.25, 0.3) is 0 Å². The first-order valence-corrected chi connectivity index (χ1v) is 4.83. The molecule has 0 aliphatic heterocycles. The van der Waals surface area contributed by atoms with Crippen LogP contribution < -0.4 is 11.1 Å². The van der Waals surface area contributed by atoms with Gasteiger partial charge in [0.05, 0.1) is 0 Å². The summed E-state index contributed by atoms with van der Waals surface area (Å²) in [5, 5.41) is 3.46. The average Bonchev–Trinajstić information content (AvgIpc) is 2.57. The highest BCUT2D eigenvalue weighted by molar-refractivity contribution is 5.50. The van der Waals surface area contributed by atoms with Gasteiger partial charge in [-0.25, -0.2) is 4.98 Å². The number of aromatic nitrogens is 1. The predicted molar refractivity (Wildman–Crippen MR) is 54.5 cm³/mol. The van der Waals surface area contributed by atoms with E-state index in [4.69, 9.17) is 5.73 Å². The van der Waals surface area contributed by atoms with Crippen LogP contribution in [0, 0.1) is 0 Å². The molecule has 70 valence electrons. The molecular weight excluding hydrogens is 162 g/mol. The van der Waals surface area contributed by atoms with E-state index in [2.05, 4.69) is 10.3 Å². The Morgan fingerprint density at radius 2 is 2.15 bits per heavy atom. The molecule has 0 saturated heterocycles. The molecule has 1 aromatic rings. The maximum Gasteiger partial charge on any atom is 0.125 e. The molecule has 13 heavy (non-hydrogen) atoms. The monoisotopic (exact) mass is 177 g/mol. The van der Waals surface area contributed by atoms with Crippen molar-refractivity contribution in [3.8, 4) is 0 Å². The highest BCUT2D eigenvalue weighted by Crippen LogP contribution is 2.22. The third kappa shape index (κ3) is 2.11. The summed E-state index contributed by atoms with van der Waals surface area (Å²) >= 11 is 0.